The molecule has 4 aliphatic heterocycles. The largest absolute Gasteiger partial charge is 0.497 e. The molecule has 4 heterocycles. The fraction of sp³-hybridized carbons (Fsp3) is 0.444. The summed E-state index contributed by atoms with van der Waals surface area (Å²) in [5.41, 5.74) is -0.293. The van der Waals surface area contributed by atoms with Gasteiger partial charge in [0.25, 0.3) is 5.91 Å². The average Bonchev–Trinajstić information content (AvgIpc) is 3.75. The normalized spacial score (nSPS) is 31.8. The maximum atomic E-state index is 14.8. The number of fused-ring (bicyclic) bond motifs is 2. The lowest BCUT2D eigenvalue weighted by Gasteiger charge is -2.37. The molecule has 2 N–H and O–H groups in total. The van der Waals surface area contributed by atoms with Crippen LogP contribution in [0.4, 0.5) is 5.69 Å². The van der Waals surface area contributed by atoms with Crippen molar-refractivity contribution in [3.63, 3.8) is 0 Å². The minimum Gasteiger partial charge on any atom is -0.497 e. The number of carbonyl (C=O) groups excluding carboxylic acids is 4. The molecule has 12 nitrogen and oxygen atoms in total. The van der Waals surface area contributed by atoms with E-state index in [9.17, 15) is 24.3 Å². The highest BCUT2D eigenvalue weighted by atomic mass is 16.6. The molecule has 0 unspecified atom stereocenters. The first-order valence-corrected chi connectivity index (χ1v) is 16.2. The molecule has 48 heavy (non-hydrogen) atoms. The number of cyclic esters (lactones) is 1. The lowest BCUT2D eigenvalue weighted by atomic mass is 9.74. The summed E-state index contributed by atoms with van der Waals surface area (Å²) in [5.74, 6) is -3.44. The first kappa shape index (κ1) is 33.4. The number of nitrogens with zero attached hydrogens (tertiary/aromatic N) is 2. The third-order valence-electron chi connectivity index (χ3n) is 9.63. The van der Waals surface area contributed by atoms with Crippen LogP contribution in [0.3, 0.4) is 0 Å². The highest BCUT2D eigenvalue weighted by molar-refractivity contribution is 6.05. The summed E-state index contributed by atoms with van der Waals surface area (Å²) in [6, 6.07) is 13.3. The van der Waals surface area contributed by atoms with Crippen LogP contribution in [0.25, 0.3) is 0 Å². The summed E-state index contributed by atoms with van der Waals surface area (Å²) in [6.45, 7) is 1.44. The average molecular weight is 660 g/mol. The van der Waals surface area contributed by atoms with Crippen molar-refractivity contribution in [3.8, 4) is 5.75 Å². The number of ether oxygens (including phenoxy) is 4. The van der Waals surface area contributed by atoms with Crippen LogP contribution < -0.4 is 15.0 Å². The summed E-state index contributed by atoms with van der Waals surface area (Å²) in [4.78, 5) is 59.6. The van der Waals surface area contributed by atoms with Gasteiger partial charge in [0, 0.05) is 25.8 Å². The Labute approximate surface area is 279 Å². The van der Waals surface area contributed by atoms with Gasteiger partial charge < -0.3 is 39.2 Å². The quantitative estimate of drug-likeness (QED) is 0.338. The Hall–Kier alpha value is -4.52. The number of allylic oxidation sites excluding steroid dienone is 1. The van der Waals surface area contributed by atoms with E-state index in [1.165, 1.54) is 16.9 Å². The first-order valence-electron chi connectivity index (χ1n) is 16.2. The molecule has 0 aliphatic carbocycles. The number of aliphatic hydroxyl groups excluding tert-OH is 1. The molecule has 1 spiro atoms. The summed E-state index contributed by atoms with van der Waals surface area (Å²) in [5, 5.41) is 13.3. The van der Waals surface area contributed by atoms with Crippen molar-refractivity contribution in [2.45, 2.75) is 55.7 Å². The second kappa shape index (κ2) is 13.9. The Morgan fingerprint density at radius 3 is 2.46 bits per heavy atom. The Balaban J connectivity index is 1.46. The van der Waals surface area contributed by atoms with Crippen molar-refractivity contribution in [1.29, 1.82) is 0 Å². The van der Waals surface area contributed by atoms with Crippen molar-refractivity contribution in [3.05, 3.63) is 84.5 Å². The molecule has 254 valence electrons. The molecule has 0 saturated carbocycles. The van der Waals surface area contributed by atoms with E-state index in [0.717, 1.165) is 0 Å². The predicted octanol–water partition coefficient (Wildman–Crippen LogP) is 2.33. The van der Waals surface area contributed by atoms with E-state index in [4.69, 9.17) is 18.9 Å². The van der Waals surface area contributed by atoms with Gasteiger partial charge in [-0.05, 0) is 43.2 Å². The van der Waals surface area contributed by atoms with Crippen LogP contribution in [0.5, 0.6) is 5.75 Å². The third-order valence-corrected chi connectivity index (χ3v) is 9.63. The monoisotopic (exact) mass is 659 g/mol. The molecule has 6 rings (SSSR count). The smallest absolute Gasteiger partial charge is 0.313 e. The number of carbonyl (C=O) groups is 4. The lowest BCUT2D eigenvalue weighted by molar-refractivity contribution is -0.162. The van der Waals surface area contributed by atoms with Gasteiger partial charge in [0.15, 0.2) is 0 Å². The van der Waals surface area contributed by atoms with Gasteiger partial charge in [-0.25, -0.2) is 0 Å². The number of methoxy groups -OCH3 is 2. The van der Waals surface area contributed by atoms with Gasteiger partial charge in [-0.2, -0.15) is 0 Å². The number of nitrogens with one attached hydrogen (secondary N) is 1. The van der Waals surface area contributed by atoms with Crippen molar-refractivity contribution in [1.82, 2.24) is 10.2 Å². The van der Waals surface area contributed by atoms with Gasteiger partial charge in [0.2, 0.25) is 11.8 Å². The highest BCUT2D eigenvalue weighted by Gasteiger charge is 2.74. The van der Waals surface area contributed by atoms with Gasteiger partial charge in [0.1, 0.15) is 29.4 Å². The van der Waals surface area contributed by atoms with Crippen LogP contribution in [0.15, 0.2) is 78.9 Å². The number of anilines is 1. The minimum atomic E-state index is -1.48. The van der Waals surface area contributed by atoms with E-state index in [1.54, 1.807) is 80.8 Å². The highest BCUT2D eigenvalue weighted by Crippen LogP contribution is 2.56. The molecule has 2 aromatic rings. The fourth-order valence-corrected chi connectivity index (χ4v) is 7.36. The molecule has 0 radical (unpaired) electrons. The topological polar surface area (TPSA) is 144 Å². The SMILES string of the molecule is COC[C@@H]1NC(=O)CC/C=C\CN(c2ccc(OC)cc2)C(=O)[C@H]2N([C@H](C)CO)C(=O)[C@@H]3[C@@H](C(=O)O[C@H]1c1ccccc1)[C@H]1C=C[C@]32O1. The zero-order valence-electron chi connectivity index (χ0n) is 27.2. The molecule has 2 aromatic carbocycles. The number of aliphatic hydroxyl groups is 1. The Morgan fingerprint density at radius 2 is 1.77 bits per heavy atom. The van der Waals surface area contributed by atoms with Gasteiger partial charge >= 0.3 is 5.97 Å². The first-order chi connectivity index (χ1) is 23.2. The maximum Gasteiger partial charge on any atom is 0.313 e. The Morgan fingerprint density at radius 1 is 1.02 bits per heavy atom. The van der Waals surface area contributed by atoms with E-state index in [1.807, 2.05) is 12.1 Å². The summed E-state index contributed by atoms with van der Waals surface area (Å²) < 4.78 is 23.5. The summed E-state index contributed by atoms with van der Waals surface area (Å²) >= 11 is 0. The number of amides is 3. The molecule has 12 heteroatoms. The number of rotatable bonds is 7. The second-order valence-corrected chi connectivity index (χ2v) is 12.5. The third kappa shape index (κ3) is 5.88. The number of likely N-dealkylation sites (tertiary alicyclic amines) is 1. The molecule has 0 aromatic heterocycles. The zero-order chi connectivity index (χ0) is 34.0. The van der Waals surface area contributed by atoms with Crippen molar-refractivity contribution >= 4 is 29.4 Å². The molecule has 8 atom stereocenters. The summed E-state index contributed by atoms with van der Waals surface area (Å²) in [6.07, 6.45) is 5.81. The molecule has 2 fully saturated rings. The van der Waals surface area contributed by atoms with Gasteiger partial charge in [-0.3, -0.25) is 19.2 Å². The second-order valence-electron chi connectivity index (χ2n) is 12.5. The van der Waals surface area contributed by atoms with Gasteiger partial charge in [-0.1, -0.05) is 54.6 Å². The Kier molecular flexibility index (Phi) is 9.68. The Bertz CT molecular complexity index is 1580. The lowest BCUT2D eigenvalue weighted by Crippen LogP contribution is -2.58. The molecular formula is C36H41N3O9. The van der Waals surface area contributed by atoms with Crippen LogP contribution in [-0.2, 0) is 33.4 Å². The number of hydrogen-bond donors (Lipinski definition) is 2. The van der Waals surface area contributed by atoms with E-state index < -0.39 is 72.2 Å². The van der Waals surface area contributed by atoms with E-state index >= 15 is 0 Å². The minimum absolute atomic E-state index is 0.0560. The van der Waals surface area contributed by atoms with Crippen LogP contribution >= 0.6 is 0 Å². The van der Waals surface area contributed by atoms with Crippen molar-refractivity contribution < 1.29 is 43.2 Å². The summed E-state index contributed by atoms with van der Waals surface area (Å²) in [7, 11) is 3.05. The van der Waals surface area contributed by atoms with Crippen molar-refractivity contribution in [2.75, 3.05) is 38.9 Å². The number of esters is 1. The molecule has 4 aliphatic rings. The van der Waals surface area contributed by atoms with Gasteiger partial charge in [0.05, 0.1) is 44.4 Å². The molecule has 2 saturated heterocycles. The van der Waals surface area contributed by atoms with Crippen LogP contribution in [0, 0.1) is 11.8 Å². The predicted molar refractivity (Wildman–Crippen MR) is 174 cm³/mol. The van der Waals surface area contributed by atoms with Crippen LogP contribution in [0.1, 0.15) is 31.4 Å². The van der Waals surface area contributed by atoms with Crippen LogP contribution in [0.2, 0.25) is 0 Å². The molecule has 3 amide bonds. The molecular weight excluding hydrogens is 618 g/mol. The zero-order valence-corrected chi connectivity index (χ0v) is 27.2. The maximum absolute atomic E-state index is 14.8. The van der Waals surface area contributed by atoms with Crippen LogP contribution in [-0.4, -0.2) is 97.5 Å². The van der Waals surface area contributed by atoms with E-state index in [0.29, 0.717) is 23.4 Å². The number of benzene rings is 2. The number of hydrogen-bond acceptors (Lipinski definition) is 9. The van der Waals surface area contributed by atoms with E-state index in [2.05, 4.69) is 5.32 Å². The van der Waals surface area contributed by atoms with Gasteiger partial charge in [-0.15, -0.1) is 0 Å². The molecule has 5 bridgehead atoms. The van der Waals surface area contributed by atoms with E-state index in [-0.39, 0.29) is 25.5 Å². The van der Waals surface area contributed by atoms with Crippen molar-refractivity contribution in [2.24, 2.45) is 11.8 Å². The fourth-order valence-electron chi connectivity index (χ4n) is 7.36. The standard InChI is InChI=1S/C36H41N3O9/c1-22(20-40)39-32-34(43)38(24-13-15-25(46-3)16-14-24)19-9-5-8-12-28(41)37-26(21-45-2)31(23-10-6-4-7-11-23)47-35(44)29-27-17-18-36(32,48-27)30(29)33(39)42/h4-7,9-11,13-18,22,26-27,29-32,40H,8,12,19-21H2,1-3H3,(H,37,41)/b9-5-/t22-,26+,27-,29+,30+,31+,32-,36+/m1/s1.